The first-order valence-corrected chi connectivity index (χ1v) is 11.0. The van der Waals surface area contributed by atoms with Gasteiger partial charge in [-0.3, -0.25) is 9.19 Å². The van der Waals surface area contributed by atoms with Gasteiger partial charge in [-0.25, -0.2) is 0 Å². The van der Waals surface area contributed by atoms with Crippen molar-refractivity contribution in [1.29, 1.82) is 0 Å². The van der Waals surface area contributed by atoms with Crippen LogP contribution in [0.3, 0.4) is 0 Å². The van der Waals surface area contributed by atoms with Crippen LogP contribution in [0.5, 0.6) is 5.75 Å². The monoisotopic (exact) mass is 435 g/mol. The Morgan fingerprint density at radius 1 is 1.23 bits per heavy atom. The minimum atomic E-state index is -1.39. The van der Waals surface area contributed by atoms with Gasteiger partial charge in [0.2, 0.25) is 0 Å². The van der Waals surface area contributed by atoms with Crippen LogP contribution in [0.15, 0.2) is 41.7 Å². The fraction of sp³-hybridized carbons (Fsp3) is 0.429. The summed E-state index contributed by atoms with van der Waals surface area (Å²) in [5.41, 5.74) is 3.33. The molecule has 0 bridgehead atoms. The molecule has 5 rings (SSSR count). The van der Waals surface area contributed by atoms with Crippen LogP contribution in [0, 0.1) is 12.3 Å². The van der Waals surface area contributed by atoms with E-state index in [-0.39, 0.29) is 47.0 Å². The van der Waals surface area contributed by atoms with Crippen molar-refractivity contribution in [3.8, 4) is 5.75 Å². The second kappa shape index (κ2) is 9.06. The number of fused-ring (bicyclic) bond motifs is 1. The summed E-state index contributed by atoms with van der Waals surface area (Å²) >= 11 is 0. The van der Waals surface area contributed by atoms with Crippen molar-refractivity contribution >= 4 is 21.8 Å². The number of para-hydroxylation sites is 2. The molecule has 1 saturated carbocycles. The molecular weight excluding hydrogens is 413 g/mol. The molecule has 1 saturated heterocycles. The fourth-order valence-electron chi connectivity index (χ4n) is 3.38. The first-order valence-electron chi connectivity index (χ1n) is 9.70. The maximum atomic E-state index is 12.8. The molecular formula is C21H22N3NaO4S. The van der Waals surface area contributed by atoms with E-state index in [9.17, 15) is 4.21 Å². The molecule has 1 unspecified atom stereocenters. The van der Waals surface area contributed by atoms with Gasteiger partial charge in [0.25, 0.3) is 0 Å². The number of hydrogen-bond donors (Lipinski definition) is 0. The third-order valence-electron chi connectivity index (χ3n) is 5.53. The summed E-state index contributed by atoms with van der Waals surface area (Å²) < 4.78 is 30.2. The van der Waals surface area contributed by atoms with Gasteiger partial charge in [-0.05, 0) is 36.9 Å². The summed E-state index contributed by atoms with van der Waals surface area (Å²) in [7, 11) is -1.39. The second-order valence-corrected chi connectivity index (χ2v) is 9.07. The number of aromatic nitrogens is 3. The molecule has 9 heteroatoms. The van der Waals surface area contributed by atoms with E-state index < -0.39 is 10.8 Å². The molecule has 2 fully saturated rings. The van der Waals surface area contributed by atoms with Gasteiger partial charge in [0.05, 0.1) is 35.5 Å². The third kappa shape index (κ3) is 4.64. The molecule has 1 aromatic carbocycles. The zero-order chi connectivity index (χ0) is 19.8. The Kier molecular flexibility index (Phi) is 6.62. The van der Waals surface area contributed by atoms with E-state index in [1.807, 2.05) is 31.2 Å². The summed E-state index contributed by atoms with van der Waals surface area (Å²) in [4.78, 5) is 13.1. The quantitative estimate of drug-likeness (QED) is 0.493. The maximum Gasteiger partial charge on any atom is 1.00 e. The van der Waals surface area contributed by atoms with E-state index in [0.29, 0.717) is 23.2 Å². The molecule has 3 aromatic rings. The van der Waals surface area contributed by atoms with Crippen LogP contribution >= 0.6 is 0 Å². The normalized spacial score (nSPS) is 18.8. The zero-order valence-corrected chi connectivity index (χ0v) is 20.0. The van der Waals surface area contributed by atoms with Gasteiger partial charge in [-0.15, -0.1) is 0 Å². The van der Waals surface area contributed by atoms with Crippen LogP contribution in [0.1, 0.15) is 24.1 Å². The predicted octanol–water partition coefficient (Wildman–Crippen LogP) is -0.261. The SMILES string of the molecule is Cc1c(OCC2OCC3(CC3)CO2)ccnc1CS(=O)c1nc2ccccc2[n-]1.[Na+]. The third-order valence-corrected chi connectivity index (χ3v) is 6.65. The van der Waals surface area contributed by atoms with Crippen molar-refractivity contribution in [2.24, 2.45) is 5.41 Å². The fourth-order valence-corrected chi connectivity index (χ4v) is 4.45. The number of ether oxygens (including phenoxy) is 3. The van der Waals surface area contributed by atoms with Gasteiger partial charge in [-0.2, -0.15) is 0 Å². The first-order chi connectivity index (χ1) is 14.1. The summed E-state index contributed by atoms with van der Waals surface area (Å²) in [5.74, 6) is 0.928. The van der Waals surface area contributed by atoms with Gasteiger partial charge in [0.1, 0.15) is 12.4 Å². The van der Waals surface area contributed by atoms with Crippen molar-refractivity contribution < 1.29 is 48.0 Å². The maximum absolute atomic E-state index is 12.8. The van der Waals surface area contributed by atoms with E-state index in [1.54, 1.807) is 12.3 Å². The average molecular weight is 435 g/mol. The van der Waals surface area contributed by atoms with Crippen molar-refractivity contribution in [2.75, 3.05) is 19.8 Å². The Morgan fingerprint density at radius 3 is 2.73 bits per heavy atom. The minimum absolute atomic E-state index is 0. The summed E-state index contributed by atoms with van der Waals surface area (Å²) in [5, 5.41) is 0.330. The molecule has 0 amide bonds. The van der Waals surface area contributed by atoms with Gasteiger partial charge in [0.15, 0.2) is 6.29 Å². The van der Waals surface area contributed by atoms with Gasteiger partial charge < -0.3 is 24.2 Å². The van der Waals surface area contributed by atoms with Crippen LogP contribution in [-0.4, -0.2) is 40.3 Å². The van der Waals surface area contributed by atoms with Gasteiger partial charge in [-0.1, -0.05) is 24.3 Å². The Balaban J connectivity index is 0.00000218. The molecule has 0 N–H and O–H groups in total. The average Bonchev–Trinajstić information content (AvgIpc) is 3.34. The van der Waals surface area contributed by atoms with Crippen LogP contribution < -0.4 is 39.3 Å². The second-order valence-electron chi connectivity index (χ2n) is 7.73. The standard InChI is InChI=1S/C21H22N3O4S.Na/c1-14-17(11-29(25)20-23-15-4-2-3-5-16(15)24-20)22-9-6-18(14)26-10-19-27-12-21(7-8-21)13-28-19;/h2-6,9,19H,7-8,10-13H2,1H3;/q-1;+1. The molecule has 0 radical (unpaired) electrons. The molecule has 1 atom stereocenters. The first kappa shape index (κ1) is 21.9. The van der Waals surface area contributed by atoms with Gasteiger partial charge >= 0.3 is 29.6 Å². The molecule has 1 aliphatic heterocycles. The van der Waals surface area contributed by atoms with Crippen molar-refractivity contribution in [2.45, 2.75) is 37.0 Å². The van der Waals surface area contributed by atoms with Crippen LogP contribution in [0.2, 0.25) is 0 Å². The summed E-state index contributed by atoms with van der Waals surface area (Å²) in [6.07, 6.45) is 3.69. The molecule has 152 valence electrons. The summed E-state index contributed by atoms with van der Waals surface area (Å²) in [6, 6.07) is 9.31. The van der Waals surface area contributed by atoms with E-state index in [1.165, 1.54) is 12.8 Å². The number of nitrogens with zero attached hydrogens (tertiary/aromatic N) is 3. The number of rotatable bonds is 6. The number of imidazole rings is 1. The van der Waals surface area contributed by atoms with E-state index in [4.69, 9.17) is 14.2 Å². The Bertz CT molecular complexity index is 1030. The van der Waals surface area contributed by atoms with Crippen molar-refractivity contribution in [3.05, 3.63) is 47.8 Å². The van der Waals surface area contributed by atoms with Crippen molar-refractivity contribution in [1.82, 2.24) is 15.0 Å². The molecule has 7 nitrogen and oxygen atoms in total. The van der Waals surface area contributed by atoms with E-state index >= 15 is 0 Å². The number of hydrogen-bond acceptors (Lipinski definition) is 6. The van der Waals surface area contributed by atoms with Crippen LogP contribution in [0.25, 0.3) is 11.0 Å². The molecule has 1 aliphatic carbocycles. The van der Waals surface area contributed by atoms with Gasteiger partial charge in [0, 0.05) is 22.3 Å². The molecule has 30 heavy (non-hydrogen) atoms. The van der Waals surface area contributed by atoms with Crippen LogP contribution in [0.4, 0.5) is 0 Å². The van der Waals surface area contributed by atoms with Crippen molar-refractivity contribution in [3.63, 3.8) is 0 Å². The molecule has 2 aromatic heterocycles. The Labute approximate surface area is 199 Å². The van der Waals surface area contributed by atoms with E-state index in [2.05, 4.69) is 15.0 Å². The topological polar surface area (TPSA) is 84.6 Å². The zero-order valence-electron chi connectivity index (χ0n) is 17.2. The van der Waals surface area contributed by atoms with Crippen LogP contribution in [-0.2, 0) is 26.0 Å². The minimum Gasteiger partial charge on any atom is -0.488 e. The largest absolute Gasteiger partial charge is 1.00 e. The summed E-state index contributed by atoms with van der Waals surface area (Å²) in [6.45, 7) is 3.73. The Morgan fingerprint density at radius 2 is 2.00 bits per heavy atom. The molecule has 3 heterocycles. The molecule has 1 spiro atoms. The number of pyridine rings is 1. The number of benzene rings is 1. The Hall–Kier alpha value is -1.29. The smallest absolute Gasteiger partial charge is 0.488 e. The van der Waals surface area contributed by atoms with E-state index in [0.717, 1.165) is 29.8 Å². The predicted molar refractivity (Wildman–Crippen MR) is 107 cm³/mol. The molecule has 2 aliphatic rings.